The van der Waals surface area contributed by atoms with Crippen LogP contribution in [0.5, 0.6) is 0 Å². The number of ether oxygens (including phenoxy) is 3. The van der Waals surface area contributed by atoms with E-state index in [1.165, 1.54) is 0 Å². The summed E-state index contributed by atoms with van der Waals surface area (Å²) in [5, 5.41) is 3.24. The standard InChI is InChI=1S/C13H26N2O4/c1-13(12(14)16,15-11-4-5-11)10-19-7-3-6-18-9-8-17-2/h11,15H,3-10H2,1-2H3,(H2,14,16). The number of methoxy groups -OCH3 is 1. The van der Waals surface area contributed by atoms with Gasteiger partial charge in [0.1, 0.15) is 5.54 Å². The van der Waals surface area contributed by atoms with Gasteiger partial charge < -0.3 is 19.9 Å². The zero-order valence-electron chi connectivity index (χ0n) is 11.9. The molecule has 1 amide bonds. The van der Waals surface area contributed by atoms with Gasteiger partial charge in [0.05, 0.1) is 19.8 Å². The second-order valence-electron chi connectivity index (χ2n) is 5.13. The van der Waals surface area contributed by atoms with Crippen LogP contribution in [-0.2, 0) is 19.0 Å². The van der Waals surface area contributed by atoms with Gasteiger partial charge in [0, 0.05) is 26.4 Å². The third kappa shape index (κ3) is 6.87. The lowest BCUT2D eigenvalue weighted by Gasteiger charge is -2.27. The van der Waals surface area contributed by atoms with Crippen LogP contribution in [0.25, 0.3) is 0 Å². The molecule has 1 rings (SSSR count). The number of nitrogens with two attached hydrogens (primary N) is 1. The number of hydrogen-bond acceptors (Lipinski definition) is 5. The van der Waals surface area contributed by atoms with Crippen molar-refractivity contribution in [2.45, 2.75) is 37.8 Å². The molecule has 1 saturated carbocycles. The maximum absolute atomic E-state index is 11.5. The fraction of sp³-hybridized carbons (Fsp3) is 0.923. The summed E-state index contributed by atoms with van der Waals surface area (Å²) >= 11 is 0. The van der Waals surface area contributed by atoms with Gasteiger partial charge in [0.2, 0.25) is 5.91 Å². The average Bonchev–Trinajstić information content (AvgIpc) is 3.16. The third-order valence-corrected chi connectivity index (χ3v) is 3.04. The van der Waals surface area contributed by atoms with Gasteiger partial charge in [-0.25, -0.2) is 0 Å². The van der Waals surface area contributed by atoms with E-state index in [2.05, 4.69) is 5.32 Å². The fourth-order valence-electron chi connectivity index (χ4n) is 1.65. The predicted molar refractivity (Wildman–Crippen MR) is 71.9 cm³/mol. The van der Waals surface area contributed by atoms with Crippen LogP contribution >= 0.6 is 0 Å². The molecule has 1 aliphatic carbocycles. The predicted octanol–water partition coefficient (Wildman–Crippen LogP) is 0.0521. The molecule has 0 aliphatic heterocycles. The lowest BCUT2D eigenvalue weighted by atomic mass is 10.0. The minimum absolute atomic E-state index is 0.302. The Hall–Kier alpha value is -0.690. The molecule has 6 nitrogen and oxygen atoms in total. The molecule has 0 aromatic rings. The summed E-state index contributed by atoms with van der Waals surface area (Å²) in [5.74, 6) is -0.365. The summed E-state index contributed by atoms with van der Waals surface area (Å²) in [6.45, 7) is 4.49. The summed E-state index contributed by atoms with van der Waals surface area (Å²) in [7, 11) is 1.64. The van der Waals surface area contributed by atoms with Crippen LogP contribution in [0.1, 0.15) is 26.2 Å². The zero-order valence-corrected chi connectivity index (χ0v) is 11.9. The van der Waals surface area contributed by atoms with E-state index in [9.17, 15) is 4.79 Å². The van der Waals surface area contributed by atoms with Crippen molar-refractivity contribution in [3.63, 3.8) is 0 Å². The number of carbonyl (C=O) groups excluding carboxylic acids is 1. The molecular weight excluding hydrogens is 248 g/mol. The van der Waals surface area contributed by atoms with Gasteiger partial charge in [-0.2, -0.15) is 0 Å². The molecule has 0 radical (unpaired) electrons. The Balaban J connectivity index is 2.06. The Morgan fingerprint density at radius 1 is 1.26 bits per heavy atom. The summed E-state index contributed by atoms with van der Waals surface area (Å²) < 4.78 is 15.7. The van der Waals surface area contributed by atoms with Gasteiger partial charge in [0.25, 0.3) is 0 Å². The smallest absolute Gasteiger partial charge is 0.239 e. The van der Waals surface area contributed by atoms with Gasteiger partial charge >= 0.3 is 0 Å². The molecule has 1 fully saturated rings. The van der Waals surface area contributed by atoms with Crippen molar-refractivity contribution in [1.29, 1.82) is 0 Å². The van der Waals surface area contributed by atoms with Crippen molar-refractivity contribution in [2.75, 3.05) is 40.1 Å². The highest BCUT2D eigenvalue weighted by Crippen LogP contribution is 2.22. The van der Waals surface area contributed by atoms with Crippen molar-refractivity contribution in [1.82, 2.24) is 5.32 Å². The number of amides is 1. The molecule has 112 valence electrons. The Morgan fingerprint density at radius 2 is 1.95 bits per heavy atom. The normalized spacial score (nSPS) is 18.2. The molecular formula is C13H26N2O4. The molecule has 1 atom stereocenters. The Kier molecular flexibility index (Phi) is 7.30. The topological polar surface area (TPSA) is 82.8 Å². The highest BCUT2D eigenvalue weighted by atomic mass is 16.5. The van der Waals surface area contributed by atoms with E-state index >= 15 is 0 Å². The first-order valence-corrected chi connectivity index (χ1v) is 6.80. The molecule has 19 heavy (non-hydrogen) atoms. The van der Waals surface area contributed by atoms with Crippen LogP contribution in [0.15, 0.2) is 0 Å². The number of rotatable bonds is 12. The van der Waals surface area contributed by atoms with Crippen molar-refractivity contribution >= 4 is 5.91 Å². The van der Waals surface area contributed by atoms with E-state index in [-0.39, 0.29) is 5.91 Å². The van der Waals surface area contributed by atoms with Crippen LogP contribution in [0.3, 0.4) is 0 Å². The second kappa shape index (κ2) is 8.47. The number of primary amides is 1. The highest BCUT2D eigenvalue weighted by Gasteiger charge is 2.37. The third-order valence-electron chi connectivity index (χ3n) is 3.04. The minimum Gasteiger partial charge on any atom is -0.382 e. The first-order valence-electron chi connectivity index (χ1n) is 6.80. The largest absolute Gasteiger partial charge is 0.382 e. The quantitative estimate of drug-likeness (QED) is 0.491. The summed E-state index contributed by atoms with van der Waals surface area (Å²) in [4.78, 5) is 11.5. The molecule has 6 heteroatoms. The van der Waals surface area contributed by atoms with Crippen LogP contribution in [0, 0.1) is 0 Å². The van der Waals surface area contributed by atoms with Crippen LogP contribution in [0.2, 0.25) is 0 Å². The molecule has 0 heterocycles. The lowest BCUT2D eigenvalue weighted by Crippen LogP contribution is -2.57. The lowest BCUT2D eigenvalue weighted by molar-refractivity contribution is -0.126. The van der Waals surface area contributed by atoms with E-state index in [4.69, 9.17) is 19.9 Å². The number of carbonyl (C=O) groups is 1. The number of hydrogen-bond donors (Lipinski definition) is 2. The van der Waals surface area contributed by atoms with Gasteiger partial charge in [-0.15, -0.1) is 0 Å². The summed E-state index contributed by atoms with van der Waals surface area (Å²) in [6, 6.07) is 0.415. The maximum atomic E-state index is 11.5. The van der Waals surface area contributed by atoms with Gasteiger partial charge in [-0.05, 0) is 26.2 Å². The first kappa shape index (κ1) is 16.4. The van der Waals surface area contributed by atoms with Crippen LogP contribution < -0.4 is 11.1 Å². The SMILES string of the molecule is COCCOCCCOCC(C)(NC1CC1)C(N)=O. The Labute approximate surface area is 115 Å². The molecule has 0 spiro atoms. The molecule has 0 saturated heterocycles. The molecule has 0 aromatic heterocycles. The second-order valence-corrected chi connectivity index (χ2v) is 5.13. The average molecular weight is 274 g/mol. The van der Waals surface area contributed by atoms with E-state index in [0.717, 1.165) is 19.3 Å². The Morgan fingerprint density at radius 3 is 2.53 bits per heavy atom. The van der Waals surface area contributed by atoms with E-state index in [1.54, 1.807) is 14.0 Å². The van der Waals surface area contributed by atoms with Crippen LogP contribution in [0.4, 0.5) is 0 Å². The zero-order chi connectivity index (χ0) is 14.1. The van der Waals surface area contributed by atoms with Crippen molar-refractivity contribution in [2.24, 2.45) is 5.73 Å². The van der Waals surface area contributed by atoms with Crippen molar-refractivity contribution < 1.29 is 19.0 Å². The van der Waals surface area contributed by atoms with E-state index in [1.807, 2.05) is 0 Å². The maximum Gasteiger partial charge on any atom is 0.239 e. The van der Waals surface area contributed by atoms with Gasteiger partial charge in [0.15, 0.2) is 0 Å². The van der Waals surface area contributed by atoms with E-state index in [0.29, 0.717) is 39.1 Å². The molecule has 1 aliphatic rings. The van der Waals surface area contributed by atoms with Gasteiger partial charge in [-0.1, -0.05) is 0 Å². The monoisotopic (exact) mass is 274 g/mol. The molecule has 1 unspecified atom stereocenters. The minimum atomic E-state index is -0.766. The first-order chi connectivity index (χ1) is 9.08. The molecule has 0 aromatic carbocycles. The van der Waals surface area contributed by atoms with Crippen LogP contribution in [-0.4, -0.2) is 57.6 Å². The van der Waals surface area contributed by atoms with E-state index < -0.39 is 5.54 Å². The van der Waals surface area contributed by atoms with Gasteiger partial charge in [-0.3, -0.25) is 10.1 Å². The molecule has 3 N–H and O–H groups in total. The van der Waals surface area contributed by atoms with Crippen molar-refractivity contribution in [3.05, 3.63) is 0 Å². The Bertz CT molecular complexity index is 271. The summed E-state index contributed by atoms with van der Waals surface area (Å²) in [5.41, 5.74) is 4.66. The fourth-order valence-corrected chi connectivity index (χ4v) is 1.65. The number of nitrogens with one attached hydrogen (secondary N) is 1. The highest BCUT2D eigenvalue weighted by molar-refractivity contribution is 5.84. The summed E-state index contributed by atoms with van der Waals surface area (Å²) in [6.07, 6.45) is 3.01. The van der Waals surface area contributed by atoms with Crippen molar-refractivity contribution in [3.8, 4) is 0 Å². The molecule has 0 bridgehead atoms.